The molecule has 3 rings (SSSR count). The van der Waals surface area contributed by atoms with Crippen LogP contribution in [0.25, 0.3) is 0 Å². The van der Waals surface area contributed by atoms with Gasteiger partial charge in [-0.1, -0.05) is 18.2 Å². The molecule has 0 unspecified atom stereocenters. The minimum Gasteiger partial charge on any atom is -0.486 e. The van der Waals surface area contributed by atoms with E-state index in [4.69, 9.17) is 9.47 Å². The smallest absolute Gasteiger partial charge is 0.233 e. The van der Waals surface area contributed by atoms with Crippen LogP contribution in [-0.4, -0.2) is 31.6 Å². The zero-order valence-corrected chi connectivity index (χ0v) is 14.1. The third-order valence-electron chi connectivity index (χ3n) is 3.82. The lowest BCUT2D eigenvalue weighted by Gasteiger charge is -2.19. The monoisotopic (exact) mass is 358 g/mol. The van der Waals surface area contributed by atoms with E-state index < -0.39 is 11.8 Å². The van der Waals surface area contributed by atoms with E-state index in [2.05, 4.69) is 10.6 Å². The number of carbonyl (C=O) groups is 2. The van der Waals surface area contributed by atoms with Crippen LogP contribution < -0.4 is 20.1 Å². The summed E-state index contributed by atoms with van der Waals surface area (Å²) >= 11 is 0. The molecule has 1 aliphatic heterocycles. The van der Waals surface area contributed by atoms with Gasteiger partial charge in [0.05, 0.1) is 0 Å². The molecule has 136 valence electrons. The maximum atomic E-state index is 13.5. The summed E-state index contributed by atoms with van der Waals surface area (Å²) in [6.45, 7) is 1.21. The molecule has 2 aromatic rings. The van der Waals surface area contributed by atoms with E-state index >= 15 is 0 Å². The van der Waals surface area contributed by atoms with Crippen LogP contribution in [0.5, 0.6) is 11.5 Å². The Bertz CT molecular complexity index is 810. The van der Waals surface area contributed by atoms with Gasteiger partial charge in [0.15, 0.2) is 11.5 Å². The molecule has 2 amide bonds. The molecule has 0 radical (unpaired) electrons. The summed E-state index contributed by atoms with van der Waals surface area (Å²) in [4.78, 5) is 23.8. The molecule has 0 atom stereocenters. The first-order chi connectivity index (χ1) is 12.6. The number of amides is 2. The number of carbonyl (C=O) groups excluding carboxylic acids is 2. The number of fused-ring (bicyclic) bond motifs is 1. The average Bonchev–Trinajstić information content (AvgIpc) is 2.63. The molecule has 0 aromatic heterocycles. The molecule has 26 heavy (non-hydrogen) atoms. The number of ether oxygens (including phenoxy) is 2. The molecule has 1 aliphatic rings. The van der Waals surface area contributed by atoms with Crippen LogP contribution in [-0.2, 0) is 16.0 Å². The van der Waals surface area contributed by atoms with Crippen LogP contribution in [0.15, 0.2) is 42.5 Å². The molecule has 0 saturated heterocycles. The summed E-state index contributed by atoms with van der Waals surface area (Å²) in [5.41, 5.74) is 1.05. The summed E-state index contributed by atoms with van der Waals surface area (Å²) in [6.07, 6.45) is 0.0495. The Balaban J connectivity index is 1.44. The Morgan fingerprint density at radius 2 is 1.77 bits per heavy atom. The Morgan fingerprint density at radius 3 is 2.58 bits per heavy atom. The predicted octanol–water partition coefficient (Wildman–Crippen LogP) is 2.28. The molecular weight excluding hydrogens is 339 g/mol. The first-order valence-electron chi connectivity index (χ1n) is 8.31. The van der Waals surface area contributed by atoms with Gasteiger partial charge >= 0.3 is 0 Å². The Morgan fingerprint density at radius 1 is 1.00 bits per heavy atom. The molecule has 7 heteroatoms. The molecule has 0 bridgehead atoms. The van der Waals surface area contributed by atoms with Crippen LogP contribution in [0, 0.1) is 5.82 Å². The molecule has 0 fully saturated rings. The van der Waals surface area contributed by atoms with Crippen LogP contribution in [0.3, 0.4) is 0 Å². The van der Waals surface area contributed by atoms with E-state index in [1.54, 1.807) is 36.4 Å². The first-order valence-corrected chi connectivity index (χ1v) is 8.31. The SMILES string of the molecule is O=C(CC(=O)Nc1ccc2c(c1)OCCO2)NCCc1ccccc1F. The highest BCUT2D eigenvalue weighted by Gasteiger charge is 2.14. The fourth-order valence-electron chi connectivity index (χ4n) is 2.57. The molecule has 0 saturated carbocycles. The third kappa shape index (κ3) is 4.72. The number of hydrogen-bond donors (Lipinski definition) is 2. The summed E-state index contributed by atoms with van der Waals surface area (Å²) in [6, 6.07) is 11.4. The van der Waals surface area contributed by atoms with Crippen molar-refractivity contribution in [2.24, 2.45) is 0 Å². The van der Waals surface area contributed by atoms with Crippen LogP contribution >= 0.6 is 0 Å². The number of rotatable bonds is 6. The molecule has 0 spiro atoms. The number of benzene rings is 2. The van der Waals surface area contributed by atoms with Crippen molar-refractivity contribution in [2.75, 3.05) is 25.1 Å². The topological polar surface area (TPSA) is 76.7 Å². The van der Waals surface area contributed by atoms with Crippen LogP contribution in [0.1, 0.15) is 12.0 Å². The van der Waals surface area contributed by atoms with Gasteiger partial charge in [-0.2, -0.15) is 0 Å². The standard InChI is InChI=1S/C19H19FN2O4/c20-15-4-2-1-3-13(15)7-8-21-18(23)12-19(24)22-14-5-6-16-17(11-14)26-10-9-25-16/h1-6,11H,7-10,12H2,(H,21,23)(H,22,24). The second-order valence-electron chi connectivity index (χ2n) is 5.77. The van der Waals surface area contributed by atoms with E-state index in [9.17, 15) is 14.0 Å². The zero-order valence-electron chi connectivity index (χ0n) is 14.1. The molecule has 6 nitrogen and oxygen atoms in total. The van der Waals surface area contributed by atoms with E-state index in [1.165, 1.54) is 6.07 Å². The summed E-state index contributed by atoms with van der Waals surface area (Å²) in [5, 5.41) is 5.26. The highest BCUT2D eigenvalue weighted by Crippen LogP contribution is 2.32. The summed E-state index contributed by atoms with van der Waals surface area (Å²) in [7, 11) is 0. The minimum atomic E-state index is -0.440. The van der Waals surface area contributed by atoms with Gasteiger partial charge < -0.3 is 20.1 Å². The summed E-state index contributed by atoms with van der Waals surface area (Å²) in [5.74, 6) is 0.0167. The molecule has 0 aliphatic carbocycles. The number of nitrogens with one attached hydrogen (secondary N) is 2. The predicted molar refractivity (Wildman–Crippen MR) is 93.8 cm³/mol. The average molecular weight is 358 g/mol. The van der Waals surface area contributed by atoms with E-state index in [0.29, 0.717) is 42.4 Å². The molecule has 1 heterocycles. The second kappa shape index (κ2) is 8.33. The van der Waals surface area contributed by atoms with Gasteiger partial charge in [0, 0.05) is 18.3 Å². The zero-order chi connectivity index (χ0) is 18.4. The number of hydrogen-bond acceptors (Lipinski definition) is 4. The first kappa shape index (κ1) is 17.7. The Hall–Kier alpha value is -3.09. The van der Waals surface area contributed by atoms with E-state index in [0.717, 1.165) is 0 Å². The second-order valence-corrected chi connectivity index (χ2v) is 5.77. The van der Waals surface area contributed by atoms with Crippen LogP contribution in [0.2, 0.25) is 0 Å². The van der Waals surface area contributed by atoms with Crippen molar-refractivity contribution < 1.29 is 23.5 Å². The van der Waals surface area contributed by atoms with Gasteiger partial charge in [-0.3, -0.25) is 9.59 Å². The third-order valence-corrected chi connectivity index (χ3v) is 3.82. The van der Waals surface area contributed by atoms with Gasteiger partial charge in [-0.25, -0.2) is 4.39 Å². The highest BCUT2D eigenvalue weighted by molar-refractivity contribution is 6.03. The normalized spacial score (nSPS) is 12.3. The van der Waals surface area contributed by atoms with E-state index in [1.807, 2.05) is 0 Å². The van der Waals surface area contributed by atoms with Crippen molar-refractivity contribution in [1.82, 2.24) is 5.32 Å². The fourth-order valence-corrected chi connectivity index (χ4v) is 2.57. The van der Waals surface area contributed by atoms with Gasteiger partial charge in [0.2, 0.25) is 11.8 Å². The van der Waals surface area contributed by atoms with Gasteiger partial charge in [-0.15, -0.1) is 0 Å². The highest BCUT2D eigenvalue weighted by atomic mass is 19.1. The quantitative estimate of drug-likeness (QED) is 0.777. The summed E-state index contributed by atoms with van der Waals surface area (Å²) < 4.78 is 24.3. The Kier molecular flexibility index (Phi) is 5.68. The lowest BCUT2D eigenvalue weighted by Crippen LogP contribution is -2.29. The molecule has 2 aromatic carbocycles. The Labute approximate surface area is 150 Å². The van der Waals surface area contributed by atoms with Crippen LogP contribution in [0.4, 0.5) is 10.1 Å². The number of halogens is 1. The van der Waals surface area contributed by atoms with Crippen molar-refractivity contribution in [1.29, 1.82) is 0 Å². The van der Waals surface area contributed by atoms with Crippen molar-refractivity contribution in [3.8, 4) is 11.5 Å². The maximum Gasteiger partial charge on any atom is 0.233 e. The van der Waals surface area contributed by atoms with Crippen molar-refractivity contribution >= 4 is 17.5 Å². The lowest BCUT2D eigenvalue weighted by atomic mass is 10.1. The van der Waals surface area contributed by atoms with Gasteiger partial charge in [-0.05, 0) is 30.2 Å². The maximum absolute atomic E-state index is 13.5. The number of anilines is 1. The lowest BCUT2D eigenvalue weighted by molar-refractivity contribution is -0.126. The van der Waals surface area contributed by atoms with Crippen molar-refractivity contribution in [3.05, 3.63) is 53.8 Å². The molecule has 2 N–H and O–H groups in total. The van der Waals surface area contributed by atoms with Gasteiger partial charge in [0.1, 0.15) is 25.5 Å². The van der Waals surface area contributed by atoms with E-state index in [-0.39, 0.29) is 18.8 Å². The minimum absolute atomic E-state index is 0.261. The van der Waals surface area contributed by atoms with Crippen molar-refractivity contribution in [3.63, 3.8) is 0 Å². The van der Waals surface area contributed by atoms with Gasteiger partial charge in [0.25, 0.3) is 0 Å². The molecular formula is C19H19FN2O4. The van der Waals surface area contributed by atoms with Crippen molar-refractivity contribution in [2.45, 2.75) is 12.8 Å². The largest absolute Gasteiger partial charge is 0.486 e. The fraction of sp³-hybridized carbons (Fsp3) is 0.263.